The summed E-state index contributed by atoms with van der Waals surface area (Å²) in [4.78, 5) is 14.2. The highest BCUT2D eigenvalue weighted by atomic mass is 16.1. The standard InChI is InChI=1S/C8H8N2O/c1-6-5-10-7(9-6)3-2-4-8(10)11/h2-5,9H,1H3. The van der Waals surface area contributed by atoms with Crippen molar-refractivity contribution in [3.8, 4) is 0 Å². The summed E-state index contributed by atoms with van der Waals surface area (Å²) in [5.74, 6) is 0. The van der Waals surface area contributed by atoms with Gasteiger partial charge in [-0.15, -0.1) is 0 Å². The van der Waals surface area contributed by atoms with Crippen LogP contribution in [0.3, 0.4) is 0 Å². The first-order valence-electron chi connectivity index (χ1n) is 3.44. The molecule has 0 atom stereocenters. The zero-order valence-corrected chi connectivity index (χ0v) is 6.16. The monoisotopic (exact) mass is 148 g/mol. The Kier molecular flexibility index (Phi) is 1.12. The Labute approximate surface area is 63.3 Å². The van der Waals surface area contributed by atoms with E-state index in [0.29, 0.717) is 0 Å². The van der Waals surface area contributed by atoms with Crippen LogP contribution < -0.4 is 5.56 Å². The first-order chi connectivity index (χ1) is 5.27. The molecule has 0 saturated carbocycles. The van der Waals surface area contributed by atoms with Crippen LogP contribution in [0.15, 0.2) is 29.2 Å². The van der Waals surface area contributed by atoms with Gasteiger partial charge in [-0.05, 0) is 13.0 Å². The van der Waals surface area contributed by atoms with Crippen LogP contribution in [0.5, 0.6) is 0 Å². The van der Waals surface area contributed by atoms with E-state index in [0.717, 1.165) is 11.3 Å². The zero-order valence-electron chi connectivity index (χ0n) is 6.16. The second kappa shape index (κ2) is 1.99. The number of aromatic amines is 1. The lowest BCUT2D eigenvalue weighted by Crippen LogP contribution is -2.08. The molecule has 0 saturated heterocycles. The third-order valence-electron chi connectivity index (χ3n) is 1.64. The number of aromatic nitrogens is 2. The van der Waals surface area contributed by atoms with E-state index in [1.807, 2.05) is 13.0 Å². The molecule has 2 aromatic heterocycles. The summed E-state index contributed by atoms with van der Waals surface area (Å²) in [6.45, 7) is 1.92. The van der Waals surface area contributed by atoms with Crippen molar-refractivity contribution in [2.45, 2.75) is 6.92 Å². The highest BCUT2D eigenvalue weighted by molar-refractivity contribution is 5.38. The number of rotatable bonds is 0. The van der Waals surface area contributed by atoms with Crippen LogP contribution in [0.1, 0.15) is 5.69 Å². The Bertz CT molecular complexity index is 439. The predicted octanol–water partition coefficient (Wildman–Crippen LogP) is 0.936. The van der Waals surface area contributed by atoms with Gasteiger partial charge in [0.1, 0.15) is 5.65 Å². The lowest BCUT2D eigenvalue weighted by Gasteiger charge is -1.87. The number of fused-ring (bicyclic) bond motifs is 1. The fraction of sp³-hybridized carbons (Fsp3) is 0.125. The van der Waals surface area contributed by atoms with Gasteiger partial charge in [-0.25, -0.2) is 0 Å². The molecule has 1 N–H and O–H groups in total. The molecule has 2 rings (SSSR count). The highest BCUT2D eigenvalue weighted by Gasteiger charge is 1.95. The minimum absolute atomic E-state index is 0.00634. The summed E-state index contributed by atoms with van der Waals surface area (Å²) in [6.07, 6.45) is 1.79. The summed E-state index contributed by atoms with van der Waals surface area (Å²) in [5.41, 5.74) is 1.84. The van der Waals surface area contributed by atoms with Crippen LogP contribution in [0, 0.1) is 6.92 Å². The summed E-state index contributed by atoms with van der Waals surface area (Å²) >= 11 is 0. The molecule has 0 amide bonds. The van der Waals surface area contributed by atoms with E-state index in [9.17, 15) is 4.79 Å². The molecule has 2 heterocycles. The van der Waals surface area contributed by atoms with Crippen LogP contribution in [0.4, 0.5) is 0 Å². The number of nitrogens with one attached hydrogen (secondary N) is 1. The minimum atomic E-state index is 0.00634. The molecule has 0 radical (unpaired) electrons. The molecule has 0 aliphatic carbocycles. The van der Waals surface area contributed by atoms with Gasteiger partial charge in [-0.3, -0.25) is 9.20 Å². The smallest absolute Gasteiger partial charge is 0.256 e. The maximum absolute atomic E-state index is 11.1. The van der Waals surface area contributed by atoms with Gasteiger partial charge in [-0.2, -0.15) is 0 Å². The Hall–Kier alpha value is -1.51. The van der Waals surface area contributed by atoms with Crippen molar-refractivity contribution in [2.24, 2.45) is 0 Å². The molecule has 0 fully saturated rings. The Morgan fingerprint density at radius 1 is 1.45 bits per heavy atom. The highest BCUT2D eigenvalue weighted by Crippen LogP contribution is 1.98. The Morgan fingerprint density at radius 3 is 3.00 bits per heavy atom. The molecule has 0 spiro atoms. The largest absolute Gasteiger partial charge is 0.344 e. The summed E-state index contributed by atoms with van der Waals surface area (Å²) in [6, 6.07) is 5.16. The number of hydrogen-bond acceptors (Lipinski definition) is 1. The number of aryl methyl sites for hydroxylation is 1. The Balaban J connectivity index is 3.02. The molecule has 0 aliphatic rings. The quantitative estimate of drug-likeness (QED) is 0.593. The number of imidazole rings is 1. The van der Waals surface area contributed by atoms with Crippen LogP contribution in [0.2, 0.25) is 0 Å². The fourth-order valence-electron chi connectivity index (χ4n) is 1.16. The number of hydrogen-bond donors (Lipinski definition) is 1. The Morgan fingerprint density at radius 2 is 2.27 bits per heavy atom. The first-order valence-corrected chi connectivity index (χ1v) is 3.44. The number of pyridine rings is 1. The molecule has 3 nitrogen and oxygen atoms in total. The molecule has 2 aromatic rings. The van der Waals surface area contributed by atoms with Gasteiger partial charge >= 0.3 is 0 Å². The average Bonchev–Trinajstić information content (AvgIpc) is 2.31. The van der Waals surface area contributed by atoms with Crippen molar-refractivity contribution < 1.29 is 0 Å². The van der Waals surface area contributed by atoms with Gasteiger partial charge in [0, 0.05) is 18.0 Å². The van der Waals surface area contributed by atoms with E-state index >= 15 is 0 Å². The van der Waals surface area contributed by atoms with Crippen molar-refractivity contribution in [2.75, 3.05) is 0 Å². The zero-order chi connectivity index (χ0) is 7.84. The lowest BCUT2D eigenvalue weighted by atomic mass is 10.5. The molecule has 0 bridgehead atoms. The van der Waals surface area contributed by atoms with E-state index in [-0.39, 0.29) is 5.56 Å². The maximum Gasteiger partial charge on any atom is 0.256 e. The molecular weight excluding hydrogens is 140 g/mol. The van der Waals surface area contributed by atoms with Gasteiger partial charge in [0.05, 0.1) is 0 Å². The van der Waals surface area contributed by atoms with Gasteiger partial charge < -0.3 is 4.98 Å². The first kappa shape index (κ1) is 6.22. The normalized spacial score (nSPS) is 10.6. The van der Waals surface area contributed by atoms with Gasteiger partial charge in [0.15, 0.2) is 0 Å². The van der Waals surface area contributed by atoms with Gasteiger partial charge in [-0.1, -0.05) is 6.07 Å². The van der Waals surface area contributed by atoms with Crippen molar-refractivity contribution in [1.29, 1.82) is 0 Å². The summed E-state index contributed by atoms with van der Waals surface area (Å²) < 4.78 is 1.59. The van der Waals surface area contributed by atoms with Crippen LogP contribution in [0.25, 0.3) is 5.65 Å². The molecule has 11 heavy (non-hydrogen) atoms. The van der Waals surface area contributed by atoms with Crippen LogP contribution in [-0.2, 0) is 0 Å². The molecule has 0 aromatic carbocycles. The molecule has 3 heteroatoms. The predicted molar refractivity (Wildman–Crippen MR) is 42.8 cm³/mol. The summed E-state index contributed by atoms with van der Waals surface area (Å²) in [5, 5.41) is 0. The molecule has 56 valence electrons. The van der Waals surface area contributed by atoms with Gasteiger partial charge in [0.2, 0.25) is 0 Å². The molecule has 0 unspecified atom stereocenters. The van der Waals surface area contributed by atoms with Crippen molar-refractivity contribution in [3.63, 3.8) is 0 Å². The maximum atomic E-state index is 11.1. The number of nitrogens with zero attached hydrogens (tertiary/aromatic N) is 1. The van der Waals surface area contributed by atoms with E-state index < -0.39 is 0 Å². The molecular formula is C8H8N2O. The van der Waals surface area contributed by atoms with Crippen molar-refractivity contribution in [1.82, 2.24) is 9.38 Å². The SMILES string of the molecule is Cc1cn2c(=O)cccc2[nH]1. The second-order valence-corrected chi connectivity index (χ2v) is 2.56. The topological polar surface area (TPSA) is 37.3 Å². The lowest BCUT2D eigenvalue weighted by molar-refractivity contribution is 1.11. The fourth-order valence-corrected chi connectivity index (χ4v) is 1.16. The van der Waals surface area contributed by atoms with E-state index in [2.05, 4.69) is 4.98 Å². The minimum Gasteiger partial charge on any atom is -0.344 e. The van der Waals surface area contributed by atoms with Crippen molar-refractivity contribution >= 4 is 5.65 Å². The molecule has 0 aliphatic heterocycles. The third kappa shape index (κ3) is 0.852. The van der Waals surface area contributed by atoms with Gasteiger partial charge in [0.25, 0.3) is 5.56 Å². The van der Waals surface area contributed by atoms with E-state index in [1.54, 1.807) is 22.7 Å². The van der Waals surface area contributed by atoms with Crippen LogP contribution >= 0.6 is 0 Å². The van der Waals surface area contributed by atoms with Crippen molar-refractivity contribution in [3.05, 3.63) is 40.4 Å². The number of H-pyrrole nitrogens is 1. The van der Waals surface area contributed by atoms with E-state index in [4.69, 9.17) is 0 Å². The van der Waals surface area contributed by atoms with Crippen LogP contribution in [-0.4, -0.2) is 9.38 Å². The third-order valence-corrected chi connectivity index (χ3v) is 1.64. The average molecular weight is 148 g/mol. The second-order valence-electron chi connectivity index (χ2n) is 2.56. The summed E-state index contributed by atoms with van der Waals surface area (Å²) in [7, 11) is 0. The van der Waals surface area contributed by atoms with E-state index in [1.165, 1.54) is 0 Å².